The van der Waals surface area contributed by atoms with Crippen LogP contribution in [0.3, 0.4) is 0 Å². The van der Waals surface area contributed by atoms with Crippen LogP contribution in [0.25, 0.3) is 11.3 Å². The molecule has 1 heterocycles. The molecule has 2 aromatic rings. The minimum absolute atomic E-state index is 0.571. The molecule has 90 valence electrons. The number of aromatic nitrogens is 1. The second kappa shape index (κ2) is 5.19. The summed E-state index contributed by atoms with van der Waals surface area (Å²) in [4.78, 5) is 4.25. The van der Waals surface area contributed by atoms with Gasteiger partial charge in [-0.2, -0.15) is 5.26 Å². The van der Waals surface area contributed by atoms with E-state index in [0.717, 1.165) is 5.56 Å². The summed E-state index contributed by atoms with van der Waals surface area (Å²) in [6.45, 7) is 0. The summed E-state index contributed by atoms with van der Waals surface area (Å²) in [5.74, 6) is 1.38. The highest BCUT2D eigenvalue weighted by Gasteiger charge is 2.06. The lowest BCUT2D eigenvalue weighted by Crippen LogP contribution is -1.90. The maximum Gasteiger partial charge on any atom is 0.123 e. The Balaban J connectivity index is 2.52. The largest absolute Gasteiger partial charge is 0.497 e. The Morgan fingerprint density at radius 2 is 1.72 bits per heavy atom. The third-order valence-corrected chi connectivity index (χ3v) is 2.54. The van der Waals surface area contributed by atoms with Crippen molar-refractivity contribution in [3.05, 3.63) is 42.1 Å². The van der Waals surface area contributed by atoms with Gasteiger partial charge in [-0.25, -0.2) is 0 Å². The lowest BCUT2D eigenvalue weighted by atomic mass is 10.1. The van der Waals surface area contributed by atoms with Crippen LogP contribution < -0.4 is 9.47 Å². The number of methoxy groups -OCH3 is 2. The van der Waals surface area contributed by atoms with E-state index in [2.05, 4.69) is 11.1 Å². The van der Waals surface area contributed by atoms with Gasteiger partial charge in [-0.15, -0.1) is 0 Å². The van der Waals surface area contributed by atoms with E-state index in [0.29, 0.717) is 22.8 Å². The molecule has 0 bridgehead atoms. The Bertz CT molecular complexity index is 581. The third kappa shape index (κ3) is 2.41. The SMILES string of the molecule is COc1cc(OC)cc(-c2cc(C#N)ccn2)c1. The van der Waals surface area contributed by atoms with Gasteiger partial charge in [0.25, 0.3) is 0 Å². The zero-order chi connectivity index (χ0) is 13.0. The van der Waals surface area contributed by atoms with E-state index in [-0.39, 0.29) is 0 Å². The highest BCUT2D eigenvalue weighted by atomic mass is 16.5. The van der Waals surface area contributed by atoms with Crippen LogP contribution >= 0.6 is 0 Å². The van der Waals surface area contributed by atoms with Crippen LogP contribution in [0.15, 0.2) is 36.5 Å². The lowest BCUT2D eigenvalue weighted by Gasteiger charge is -2.08. The van der Waals surface area contributed by atoms with Crippen LogP contribution in [-0.4, -0.2) is 19.2 Å². The number of pyridine rings is 1. The van der Waals surface area contributed by atoms with Crippen molar-refractivity contribution in [1.82, 2.24) is 4.98 Å². The van der Waals surface area contributed by atoms with Crippen molar-refractivity contribution in [3.63, 3.8) is 0 Å². The number of hydrogen-bond acceptors (Lipinski definition) is 4. The quantitative estimate of drug-likeness (QED) is 0.827. The van der Waals surface area contributed by atoms with Gasteiger partial charge in [0.2, 0.25) is 0 Å². The molecule has 1 aromatic heterocycles. The molecule has 0 aliphatic carbocycles. The van der Waals surface area contributed by atoms with Crippen molar-refractivity contribution < 1.29 is 9.47 Å². The Kier molecular flexibility index (Phi) is 3.44. The minimum Gasteiger partial charge on any atom is -0.497 e. The molecule has 2 rings (SSSR count). The van der Waals surface area contributed by atoms with Gasteiger partial charge in [-0.3, -0.25) is 4.98 Å². The molecule has 0 fully saturated rings. The Morgan fingerprint density at radius 3 is 2.28 bits per heavy atom. The fourth-order valence-corrected chi connectivity index (χ4v) is 1.61. The molecule has 0 aliphatic rings. The molecule has 0 amide bonds. The van der Waals surface area contributed by atoms with Crippen molar-refractivity contribution in [3.8, 4) is 28.8 Å². The number of hydrogen-bond donors (Lipinski definition) is 0. The van der Waals surface area contributed by atoms with Crippen molar-refractivity contribution >= 4 is 0 Å². The second-order valence-electron chi connectivity index (χ2n) is 3.64. The first kappa shape index (κ1) is 11.9. The molecule has 0 spiro atoms. The van der Waals surface area contributed by atoms with Crippen molar-refractivity contribution in [2.24, 2.45) is 0 Å². The van der Waals surface area contributed by atoms with Gasteiger partial charge in [0.05, 0.1) is 31.5 Å². The fourth-order valence-electron chi connectivity index (χ4n) is 1.61. The van der Waals surface area contributed by atoms with Crippen LogP contribution in [0.2, 0.25) is 0 Å². The molecule has 0 radical (unpaired) electrons. The number of ether oxygens (including phenoxy) is 2. The van der Waals surface area contributed by atoms with Gasteiger partial charge in [-0.1, -0.05) is 0 Å². The van der Waals surface area contributed by atoms with E-state index in [1.54, 1.807) is 38.6 Å². The second-order valence-corrected chi connectivity index (χ2v) is 3.64. The van der Waals surface area contributed by atoms with E-state index >= 15 is 0 Å². The van der Waals surface area contributed by atoms with Gasteiger partial charge in [0.15, 0.2) is 0 Å². The molecular formula is C14H12N2O2. The Labute approximate surface area is 105 Å². The first-order valence-corrected chi connectivity index (χ1v) is 5.36. The van der Waals surface area contributed by atoms with E-state index in [1.165, 1.54) is 0 Å². The Hall–Kier alpha value is -2.54. The maximum atomic E-state index is 8.88. The molecular weight excluding hydrogens is 228 g/mol. The van der Waals surface area contributed by atoms with Crippen LogP contribution in [0.4, 0.5) is 0 Å². The first-order valence-electron chi connectivity index (χ1n) is 5.36. The standard InChI is InChI=1S/C14H12N2O2/c1-17-12-6-11(7-13(8-12)18-2)14-5-10(9-15)3-4-16-14/h3-8H,1-2H3. The average Bonchev–Trinajstić information content (AvgIpc) is 2.46. The van der Waals surface area contributed by atoms with E-state index in [4.69, 9.17) is 14.7 Å². The number of nitriles is 1. The first-order chi connectivity index (χ1) is 8.76. The molecule has 4 heteroatoms. The average molecular weight is 240 g/mol. The molecule has 1 aromatic carbocycles. The number of benzene rings is 1. The molecule has 0 N–H and O–H groups in total. The summed E-state index contributed by atoms with van der Waals surface area (Å²) in [5.41, 5.74) is 2.14. The zero-order valence-electron chi connectivity index (χ0n) is 10.2. The normalized spacial score (nSPS) is 9.61. The monoisotopic (exact) mass is 240 g/mol. The number of nitrogens with zero attached hydrogens (tertiary/aromatic N) is 2. The summed E-state index contributed by atoms with van der Waals surface area (Å²) in [5, 5.41) is 8.88. The molecule has 4 nitrogen and oxygen atoms in total. The fraction of sp³-hybridized carbons (Fsp3) is 0.143. The van der Waals surface area contributed by atoms with Gasteiger partial charge >= 0.3 is 0 Å². The molecule has 0 saturated carbocycles. The smallest absolute Gasteiger partial charge is 0.123 e. The number of rotatable bonds is 3. The van der Waals surface area contributed by atoms with Gasteiger partial charge < -0.3 is 9.47 Å². The van der Waals surface area contributed by atoms with Crippen molar-refractivity contribution in [2.75, 3.05) is 14.2 Å². The molecule has 0 aliphatic heterocycles. The van der Waals surface area contributed by atoms with Gasteiger partial charge in [-0.05, 0) is 24.3 Å². The molecule has 0 unspecified atom stereocenters. The summed E-state index contributed by atoms with van der Waals surface area (Å²) in [6.07, 6.45) is 1.61. The predicted octanol–water partition coefficient (Wildman–Crippen LogP) is 2.64. The zero-order valence-corrected chi connectivity index (χ0v) is 10.2. The summed E-state index contributed by atoms with van der Waals surface area (Å²) < 4.78 is 10.4. The maximum absolute atomic E-state index is 8.88. The van der Waals surface area contributed by atoms with Crippen LogP contribution in [0.5, 0.6) is 11.5 Å². The van der Waals surface area contributed by atoms with Gasteiger partial charge in [0, 0.05) is 17.8 Å². The van der Waals surface area contributed by atoms with E-state index in [1.807, 2.05) is 12.1 Å². The van der Waals surface area contributed by atoms with Crippen LogP contribution in [0, 0.1) is 11.3 Å². The highest BCUT2D eigenvalue weighted by Crippen LogP contribution is 2.28. The molecule has 0 saturated heterocycles. The summed E-state index contributed by atoms with van der Waals surface area (Å²) in [6, 6.07) is 11.0. The van der Waals surface area contributed by atoms with Crippen LogP contribution in [0.1, 0.15) is 5.56 Å². The van der Waals surface area contributed by atoms with Crippen molar-refractivity contribution in [1.29, 1.82) is 5.26 Å². The summed E-state index contributed by atoms with van der Waals surface area (Å²) >= 11 is 0. The molecule has 0 atom stereocenters. The van der Waals surface area contributed by atoms with E-state index < -0.39 is 0 Å². The van der Waals surface area contributed by atoms with Gasteiger partial charge in [0.1, 0.15) is 11.5 Å². The Morgan fingerprint density at radius 1 is 1.06 bits per heavy atom. The van der Waals surface area contributed by atoms with Crippen molar-refractivity contribution in [2.45, 2.75) is 0 Å². The lowest BCUT2D eigenvalue weighted by molar-refractivity contribution is 0.394. The topological polar surface area (TPSA) is 55.1 Å². The predicted molar refractivity (Wildman–Crippen MR) is 67.5 cm³/mol. The van der Waals surface area contributed by atoms with Crippen LogP contribution in [-0.2, 0) is 0 Å². The molecule has 18 heavy (non-hydrogen) atoms. The van der Waals surface area contributed by atoms with E-state index in [9.17, 15) is 0 Å². The highest BCUT2D eigenvalue weighted by molar-refractivity contribution is 5.65. The third-order valence-electron chi connectivity index (χ3n) is 2.54. The summed E-state index contributed by atoms with van der Waals surface area (Å²) in [7, 11) is 3.19. The minimum atomic E-state index is 0.571.